The molecule has 5 rings (SSSR count). The minimum Gasteiger partial charge on any atom is -0.283 e. The Morgan fingerprint density at radius 1 is 0.966 bits per heavy atom. The summed E-state index contributed by atoms with van der Waals surface area (Å²) < 4.78 is 17.9. The highest BCUT2D eigenvalue weighted by Crippen LogP contribution is 2.29. The monoisotopic (exact) mass is 403 g/mol. The van der Waals surface area contributed by atoms with Gasteiger partial charge >= 0.3 is 0 Å². The summed E-state index contributed by atoms with van der Waals surface area (Å²) in [6, 6.07) is 16.1. The number of fused-ring (bicyclic) bond motifs is 1. The van der Waals surface area contributed by atoms with Gasteiger partial charge < -0.3 is 0 Å². The molecule has 7 heteroatoms. The Hall–Kier alpha value is -3.51. The topological polar surface area (TPSA) is 48.5 Å². The standard InChI is InChI=1S/C22H15ClFN5/c1-28-12-16(11-26-28)14-6-7-20-19(8-14)25-13-29(20)22-10-15(9-21(23)27-22)17-4-2-3-5-18(17)24/h2-13H,1H3. The van der Waals surface area contributed by atoms with Gasteiger partial charge in [-0.15, -0.1) is 0 Å². The molecule has 0 radical (unpaired) electrons. The summed E-state index contributed by atoms with van der Waals surface area (Å²) in [5, 5.41) is 4.50. The van der Waals surface area contributed by atoms with Crippen molar-refractivity contribution in [3.63, 3.8) is 0 Å². The third kappa shape index (κ3) is 3.17. The van der Waals surface area contributed by atoms with E-state index in [1.807, 2.05) is 42.2 Å². The first-order valence-corrected chi connectivity index (χ1v) is 9.35. The number of hydrogen-bond donors (Lipinski definition) is 0. The van der Waals surface area contributed by atoms with Crippen molar-refractivity contribution in [3.05, 3.63) is 84.3 Å². The van der Waals surface area contributed by atoms with Crippen molar-refractivity contribution in [1.29, 1.82) is 0 Å². The fourth-order valence-corrected chi connectivity index (χ4v) is 3.61. The molecule has 0 spiro atoms. The average molecular weight is 404 g/mol. The van der Waals surface area contributed by atoms with Crippen molar-refractivity contribution in [2.45, 2.75) is 0 Å². The van der Waals surface area contributed by atoms with Crippen LogP contribution in [0.25, 0.3) is 39.1 Å². The Bertz CT molecular complexity index is 1350. The van der Waals surface area contributed by atoms with Crippen LogP contribution < -0.4 is 0 Å². The molecule has 0 aliphatic carbocycles. The molecule has 0 bridgehead atoms. The van der Waals surface area contributed by atoms with Crippen LogP contribution in [-0.2, 0) is 7.05 Å². The molecule has 5 nitrogen and oxygen atoms in total. The van der Waals surface area contributed by atoms with E-state index >= 15 is 0 Å². The molecule has 5 aromatic rings. The van der Waals surface area contributed by atoms with E-state index < -0.39 is 0 Å². The smallest absolute Gasteiger partial charge is 0.140 e. The second-order valence-corrected chi connectivity index (χ2v) is 7.12. The van der Waals surface area contributed by atoms with Gasteiger partial charge in [0, 0.05) is 24.4 Å². The zero-order valence-electron chi connectivity index (χ0n) is 15.4. The summed E-state index contributed by atoms with van der Waals surface area (Å²) in [5.74, 6) is 0.268. The van der Waals surface area contributed by atoms with Gasteiger partial charge in [0.15, 0.2) is 0 Å². The lowest BCUT2D eigenvalue weighted by molar-refractivity contribution is 0.631. The molecule has 2 aromatic carbocycles. The van der Waals surface area contributed by atoms with Crippen LogP contribution in [0.1, 0.15) is 0 Å². The Morgan fingerprint density at radius 2 is 1.83 bits per heavy atom. The molecule has 3 heterocycles. The zero-order chi connectivity index (χ0) is 20.0. The first-order chi connectivity index (χ1) is 14.1. The van der Waals surface area contributed by atoms with E-state index in [4.69, 9.17) is 11.6 Å². The Balaban J connectivity index is 1.62. The minimum absolute atomic E-state index is 0.287. The van der Waals surface area contributed by atoms with E-state index in [0.29, 0.717) is 16.9 Å². The van der Waals surface area contributed by atoms with Crippen molar-refractivity contribution in [2.24, 2.45) is 7.05 Å². The molecule has 0 atom stereocenters. The van der Waals surface area contributed by atoms with Crippen LogP contribution in [0.4, 0.5) is 4.39 Å². The molecule has 0 saturated heterocycles. The van der Waals surface area contributed by atoms with Gasteiger partial charge in [-0.2, -0.15) is 5.10 Å². The highest BCUT2D eigenvalue weighted by molar-refractivity contribution is 6.29. The molecule has 0 fully saturated rings. The highest BCUT2D eigenvalue weighted by Gasteiger charge is 2.12. The van der Waals surface area contributed by atoms with Crippen LogP contribution in [0.3, 0.4) is 0 Å². The summed E-state index contributed by atoms with van der Waals surface area (Å²) in [6.07, 6.45) is 5.47. The van der Waals surface area contributed by atoms with Gasteiger partial charge in [0.1, 0.15) is 23.1 Å². The lowest BCUT2D eigenvalue weighted by Crippen LogP contribution is -1.97. The normalized spacial score (nSPS) is 11.3. The third-order valence-corrected chi connectivity index (χ3v) is 4.99. The van der Waals surface area contributed by atoms with Gasteiger partial charge in [-0.1, -0.05) is 35.9 Å². The quantitative estimate of drug-likeness (QED) is 0.385. The summed E-state index contributed by atoms with van der Waals surface area (Å²) in [4.78, 5) is 8.93. The molecule has 0 unspecified atom stereocenters. The fraction of sp³-hybridized carbons (Fsp3) is 0.0455. The maximum Gasteiger partial charge on any atom is 0.140 e. The van der Waals surface area contributed by atoms with Gasteiger partial charge in [-0.05, 0) is 41.5 Å². The number of imidazole rings is 1. The number of aryl methyl sites for hydroxylation is 1. The maximum atomic E-state index is 14.3. The van der Waals surface area contributed by atoms with Crippen molar-refractivity contribution in [1.82, 2.24) is 24.3 Å². The van der Waals surface area contributed by atoms with E-state index in [1.54, 1.807) is 41.3 Å². The van der Waals surface area contributed by atoms with Gasteiger partial charge in [0.05, 0.1) is 17.2 Å². The predicted octanol–water partition coefficient (Wildman–Crippen LogP) is 5.28. The molecule has 0 N–H and O–H groups in total. The lowest BCUT2D eigenvalue weighted by atomic mass is 10.1. The molecular weight excluding hydrogens is 389 g/mol. The Kier molecular flexibility index (Phi) is 4.14. The number of benzene rings is 2. The zero-order valence-corrected chi connectivity index (χ0v) is 16.2. The molecular formula is C22H15ClFN5. The lowest BCUT2D eigenvalue weighted by Gasteiger charge is -2.09. The highest BCUT2D eigenvalue weighted by atomic mass is 35.5. The van der Waals surface area contributed by atoms with Crippen molar-refractivity contribution < 1.29 is 4.39 Å². The number of halogens is 2. The predicted molar refractivity (Wildman–Crippen MR) is 111 cm³/mol. The van der Waals surface area contributed by atoms with Crippen LogP contribution in [0.15, 0.2) is 73.3 Å². The minimum atomic E-state index is -0.308. The molecule has 0 aliphatic heterocycles. The number of hydrogen-bond acceptors (Lipinski definition) is 3. The fourth-order valence-electron chi connectivity index (χ4n) is 3.40. The molecule has 3 aromatic heterocycles. The van der Waals surface area contributed by atoms with E-state index in [1.165, 1.54) is 6.07 Å². The van der Waals surface area contributed by atoms with E-state index in [0.717, 1.165) is 22.2 Å². The van der Waals surface area contributed by atoms with Gasteiger partial charge in [-0.3, -0.25) is 9.25 Å². The Labute approximate surface area is 171 Å². The van der Waals surface area contributed by atoms with Gasteiger partial charge in [0.25, 0.3) is 0 Å². The number of rotatable bonds is 3. The number of nitrogens with zero attached hydrogens (tertiary/aromatic N) is 5. The number of aromatic nitrogens is 5. The maximum absolute atomic E-state index is 14.3. The van der Waals surface area contributed by atoms with Crippen molar-refractivity contribution >= 4 is 22.6 Å². The van der Waals surface area contributed by atoms with Crippen LogP contribution in [0.2, 0.25) is 5.15 Å². The molecule has 142 valence electrons. The van der Waals surface area contributed by atoms with Crippen molar-refractivity contribution in [2.75, 3.05) is 0 Å². The average Bonchev–Trinajstić information content (AvgIpc) is 3.33. The van der Waals surface area contributed by atoms with Crippen LogP contribution in [0.5, 0.6) is 0 Å². The Morgan fingerprint density at radius 3 is 2.62 bits per heavy atom. The first-order valence-electron chi connectivity index (χ1n) is 8.97. The second kappa shape index (κ2) is 6.83. The first kappa shape index (κ1) is 17.6. The van der Waals surface area contributed by atoms with E-state index in [2.05, 4.69) is 15.1 Å². The van der Waals surface area contributed by atoms with E-state index in [9.17, 15) is 4.39 Å². The van der Waals surface area contributed by atoms with Gasteiger partial charge in [-0.25, -0.2) is 14.4 Å². The van der Waals surface area contributed by atoms with Crippen LogP contribution >= 0.6 is 11.6 Å². The largest absolute Gasteiger partial charge is 0.283 e. The van der Waals surface area contributed by atoms with E-state index in [-0.39, 0.29) is 11.0 Å². The van der Waals surface area contributed by atoms with Crippen LogP contribution in [0, 0.1) is 5.82 Å². The van der Waals surface area contributed by atoms with Gasteiger partial charge in [0.2, 0.25) is 0 Å². The summed E-state index contributed by atoms with van der Waals surface area (Å²) >= 11 is 6.25. The molecule has 0 amide bonds. The summed E-state index contributed by atoms with van der Waals surface area (Å²) in [7, 11) is 1.88. The third-order valence-electron chi connectivity index (χ3n) is 4.80. The van der Waals surface area contributed by atoms with Crippen LogP contribution in [-0.4, -0.2) is 24.3 Å². The summed E-state index contributed by atoms with van der Waals surface area (Å²) in [5.41, 5.74) is 4.88. The SMILES string of the molecule is Cn1cc(-c2ccc3c(c2)ncn3-c2cc(-c3ccccc3F)cc(Cl)n2)cn1. The summed E-state index contributed by atoms with van der Waals surface area (Å²) in [6.45, 7) is 0. The molecule has 0 saturated carbocycles. The number of pyridine rings is 1. The van der Waals surface area contributed by atoms with Crippen molar-refractivity contribution in [3.8, 4) is 28.1 Å². The molecule has 29 heavy (non-hydrogen) atoms. The molecule has 0 aliphatic rings. The second-order valence-electron chi connectivity index (χ2n) is 6.74.